The highest BCUT2D eigenvalue weighted by molar-refractivity contribution is 9.10. The molecule has 3 nitrogen and oxygen atoms in total. The van der Waals surface area contributed by atoms with Gasteiger partial charge in [-0.3, -0.25) is 9.59 Å². The minimum Gasteiger partial charge on any atom is -0.324 e. The van der Waals surface area contributed by atoms with Crippen molar-refractivity contribution in [1.29, 1.82) is 0 Å². The first kappa shape index (κ1) is 11.9. The van der Waals surface area contributed by atoms with Gasteiger partial charge in [-0.2, -0.15) is 0 Å². The van der Waals surface area contributed by atoms with E-state index in [1.165, 1.54) is 0 Å². The highest BCUT2D eigenvalue weighted by Crippen LogP contribution is 2.51. The van der Waals surface area contributed by atoms with E-state index in [0.717, 1.165) is 41.4 Å². The first-order chi connectivity index (χ1) is 8.54. The molecule has 1 aliphatic heterocycles. The van der Waals surface area contributed by atoms with Gasteiger partial charge in [-0.05, 0) is 53.4 Å². The lowest BCUT2D eigenvalue weighted by atomic mass is 9.79. The number of halogens is 1. The molecular formula is C14H14BrNO2. The van der Waals surface area contributed by atoms with Gasteiger partial charge in [-0.25, -0.2) is 0 Å². The van der Waals surface area contributed by atoms with E-state index >= 15 is 0 Å². The van der Waals surface area contributed by atoms with Crippen LogP contribution < -0.4 is 5.32 Å². The van der Waals surface area contributed by atoms with Crippen molar-refractivity contribution in [2.45, 2.75) is 38.0 Å². The Morgan fingerprint density at radius 1 is 1.33 bits per heavy atom. The second kappa shape index (κ2) is 3.92. The van der Waals surface area contributed by atoms with Crippen LogP contribution >= 0.6 is 15.9 Å². The van der Waals surface area contributed by atoms with Crippen LogP contribution in [0, 0.1) is 0 Å². The molecule has 94 valence electrons. The average molecular weight is 308 g/mol. The molecular weight excluding hydrogens is 294 g/mol. The molecule has 1 heterocycles. The van der Waals surface area contributed by atoms with Crippen molar-refractivity contribution in [3.63, 3.8) is 0 Å². The Bertz CT molecular complexity index is 559. The fraction of sp³-hybridized carbons (Fsp3) is 0.429. The summed E-state index contributed by atoms with van der Waals surface area (Å²) in [6.07, 6.45) is 3.93. The Hall–Kier alpha value is -1.16. The predicted octanol–water partition coefficient (Wildman–Crippen LogP) is 3.42. The molecule has 1 amide bonds. The summed E-state index contributed by atoms with van der Waals surface area (Å²) >= 11 is 3.46. The van der Waals surface area contributed by atoms with Crippen LogP contribution in [-0.2, 0) is 10.2 Å². The highest BCUT2D eigenvalue weighted by Gasteiger charge is 2.49. The number of nitrogens with one attached hydrogen (secondary N) is 1. The van der Waals surface area contributed by atoms with Crippen LogP contribution in [0.5, 0.6) is 0 Å². The van der Waals surface area contributed by atoms with Gasteiger partial charge < -0.3 is 5.32 Å². The van der Waals surface area contributed by atoms with E-state index in [0.29, 0.717) is 5.56 Å². The van der Waals surface area contributed by atoms with Crippen LogP contribution in [-0.4, -0.2) is 11.7 Å². The number of fused-ring (bicyclic) bond motifs is 2. The third-order valence-electron chi connectivity index (χ3n) is 4.14. The lowest BCUT2D eigenvalue weighted by Gasteiger charge is -2.21. The molecule has 1 aromatic rings. The minimum absolute atomic E-state index is 0.0333. The maximum Gasteiger partial charge on any atom is 0.235 e. The monoisotopic (exact) mass is 307 g/mol. The van der Waals surface area contributed by atoms with E-state index in [1.54, 1.807) is 13.0 Å². The van der Waals surface area contributed by atoms with Gasteiger partial charge in [0, 0.05) is 10.0 Å². The van der Waals surface area contributed by atoms with Gasteiger partial charge in [-0.15, -0.1) is 0 Å². The standard InChI is InChI=1S/C14H14BrNO2/c1-8(17)9-6-10-12(11(15)7-9)16-13(18)14(10)4-2-3-5-14/h6-7H,2-5H2,1H3,(H,16,18). The first-order valence-corrected chi connectivity index (χ1v) is 7.00. The van der Waals surface area contributed by atoms with Crippen LogP contribution in [0.2, 0.25) is 0 Å². The summed E-state index contributed by atoms with van der Waals surface area (Å²) in [6, 6.07) is 3.68. The summed E-state index contributed by atoms with van der Waals surface area (Å²) in [5.74, 6) is 0.127. The number of Topliss-reactive ketones (excluding diaryl/α,β-unsaturated/α-hetero) is 1. The van der Waals surface area contributed by atoms with E-state index in [1.807, 2.05) is 6.07 Å². The molecule has 0 bridgehead atoms. The Balaban J connectivity index is 2.22. The summed E-state index contributed by atoms with van der Waals surface area (Å²) in [7, 11) is 0. The Morgan fingerprint density at radius 3 is 2.61 bits per heavy atom. The molecule has 0 radical (unpaired) electrons. The highest BCUT2D eigenvalue weighted by atomic mass is 79.9. The number of amides is 1. The number of carbonyl (C=O) groups is 2. The molecule has 3 rings (SSSR count). The summed E-state index contributed by atoms with van der Waals surface area (Å²) in [5.41, 5.74) is 2.14. The number of hydrogen-bond acceptors (Lipinski definition) is 2. The quantitative estimate of drug-likeness (QED) is 0.808. The van der Waals surface area contributed by atoms with Crippen molar-refractivity contribution in [2.75, 3.05) is 5.32 Å². The van der Waals surface area contributed by atoms with E-state index in [9.17, 15) is 9.59 Å². The van der Waals surface area contributed by atoms with Gasteiger partial charge in [0.15, 0.2) is 5.78 Å². The zero-order valence-electron chi connectivity index (χ0n) is 10.2. The molecule has 1 aromatic carbocycles. The molecule has 1 N–H and O–H groups in total. The number of benzene rings is 1. The van der Waals surface area contributed by atoms with E-state index in [4.69, 9.17) is 0 Å². The van der Waals surface area contributed by atoms with E-state index < -0.39 is 0 Å². The normalized spacial score (nSPS) is 20.0. The molecule has 2 aliphatic rings. The molecule has 1 saturated carbocycles. The summed E-state index contributed by atoms with van der Waals surface area (Å²) < 4.78 is 0.808. The largest absolute Gasteiger partial charge is 0.324 e. The third-order valence-corrected chi connectivity index (χ3v) is 4.77. The van der Waals surface area contributed by atoms with Crippen LogP contribution in [0.3, 0.4) is 0 Å². The smallest absolute Gasteiger partial charge is 0.235 e. The summed E-state index contributed by atoms with van der Waals surface area (Å²) in [4.78, 5) is 23.8. The van der Waals surface area contributed by atoms with Crippen LogP contribution in [0.15, 0.2) is 16.6 Å². The van der Waals surface area contributed by atoms with Gasteiger partial charge in [0.05, 0.1) is 11.1 Å². The van der Waals surface area contributed by atoms with Crippen LogP contribution in [0.1, 0.15) is 48.5 Å². The van der Waals surface area contributed by atoms with Crippen molar-refractivity contribution in [1.82, 2.24) is 0 Å². The van der Waals surface area contributed by atoms with Gasteiger partial charge in [0.2, 0.25) is 5.91 Å². The second-order valence-electron chi connectivity index (χ2n) is 5.18. The number of rotatable bonds is 1. The average Bonchev–Trinajstić information content (AvgIpc) is 2.90. The summed E-state index contributed by atoms with van der Waals surface area (Å²) in [5, 5.41) is 2.97. The fourth-order valence-corrected chi connectivity index (χ4v) is 3.70. The molecule has 0 unspecified atom stereocenters. The van der Waals surface area contributed by atoms with Crippen molar-refractivity contribution < 1.29 is 9.59 Å². The molecule has 4 heteroatoms. The zero-order chi connectivity index (χ0) is 12.9. The maximum absolute atomic E-state index is 12.3. The molecule has 0 saturated heterocycles. The molecule has 0 aromatic heterocycles. The Morgan fingerprint density at radius 2 is 2.00 bits per heavy atom. The predicted molar refractivity (Wildman–Crippen MR) is 72.9 cm³/mol. The van der Waals surface area contributed by atoms with Crippen molar-refractivity contribution in [2.24, 2.45) is 0 Å². The number of hydrogen-bond donors (Lipinski definition) is 1. The van der Waals surface area contributed by atoms with Gasteiger partial charge >= 0.3 is 0 Å². The topological polar surface area (TPSA) is 46.2 Å². The molecule has 1 aliphatic carbocycles. The summed E-state index contributed by atoms with van der Waals surface area (Å²) in [6.45, 7) is 1.56. The first-order valence-electron chi connectivity index (χ1n) is 6.21. The lowest BCUT2D eigenvalue weighted by Crippen LogP contribution is -2.31. The molecule has 1 spiro atoms. The van der Waals surface area contributed by atoms with Crippen LogP contribution in [0.4, 0.5) is 5.69 Å². The fourth-order valence-electron chi connectivity index (χ4n) is 3.14. The van der Waals surface area contributed by atoms with Crippen molar-refractivity contribution in [3.8, 4) is 0 Å². The van der Waals surface area contributed by atoms with Crippen molar-refractivity contribution >= 4 is 33.3 Å². The number of ketones is 1. The van der Waals surface area contributed by atoms with Gasteiger partial charge in [0.1, 0.15) is 0 Å². The Labute approximate surface area is 114 Å². The second-order valence-corrected chi connectivity index (χ2v) is 6.03. The van der Waals surface area contributed by atoms with E-state index in [2.05, 4.69) is 21.2 Å². The Kier molecular flexibility index (Phi) is 2.59. The molecule has 18 heavy (non-hydrogen) atoms. The maximum atomic E-state index is 12.3. The van der Waals surface area contributed by atoms with Gasteiger partial charge in [-0.1, -0.05) is 12.8 Å². The van der Waals surface area contributed by atoms with E-state index in [-0.39, 0.29) is 17.1 Å². The SMILES string of the molecule is CC(=O)c1cc(Br)c2c(c1)C1(CCCC1)C(=O)N2. The molecule has 1 fully saturated rings. The number of anilines is 1. The number of carbonyl (C=O) groups excluding carboxylic acids is 2. The van der Waals surface area contributed by atoms with Crippen molar-refractivity contribution in [3.05, 3.63) is 27.7 Å². The van der Waals surface area contributed by atoms with Gasteiger partial charge in [0.25, 0.3) is 0 Å². The third kappa shape index (κ3) is 1.48. The zero-order valence-corrected chi connectivity index (χ0v) is 11.8. The minimum atomic E-state index is -0.386. The molecule has 0 atom stereocenters. The van der Waals surface area contributed by atoms with Crippen LogP contribution in [0.25, 0.3) is 0 Å². The lowest BCUT2D eigenvalue weighted by molar-refractivity contribution is -0.120.